The van der Waals surface area contributed by atoms with E-state index in [0.717, 1.165) is 0 Å². The van der Waals surface area contributed by atoms with Gasteiger partial charge in [-0.2, -0.15) is 5.06 Å². The minimum atomic E-state index is -0.510. The Balaban J connectivity index is 0.00000242. The summed E-state index contributed by atoms with van der Waals surface area (Å²) in [6.07, 6.45) is 5.25. The zero-order chi connectivity index (χ0) is 15.4. The van der Waals surface area contributed by atoms with Crippen molar-refractivity contribution in [2.45, 2.75) is 13.5 Å². The van der Waals surface area contributed by atoms with Gasteiger partial charge in [0.05, 0.1) is 18.4 Å². The smallest absolute Gasteiger partial charge is 0.292 e. The van der Waals surface area contributed by atoms with Crippen molar-refractivity contribution in [1.82, 2.24) is 4.57 Å². The lowest BCUT2D eigenvalue weighted by molar-refractivity contribution is -0.671. The van der Waals surface area contributed by atoms with Gasteiger partial charge in [0.2, 0.25) is 12.2 Å². The molecule has 2 N–H and O–H groups in total. The van der Waals surface area contributed by atoms with E-state index in [2.05, 4.69) is 5.32 Å². The summed E-state index contributed by atoms with van der Waals surface area (Å²) in [5.74, 6) is -0.787. The zero-order valence-corrected chi connectivity index (χ0v) is 13.0. The first-order valence-electron chi connectivity index (χ1n) is 6.37. The van der Waals surface area contributed by atoms with Crippen molar-refractivity contribution in [3.8, 4) is 0 Å². The summed E-state index contributed by atoms with van der Waals surface area (Å²) in [7, 11) is 1.84. The number of amides is 2. The van der Waals surface area contributed by atoms with Crippen LogP contribution >= 0.6 is 0 Å². The van der Waals surface area contributed by atoms with E-state index in [4.69, 9.17) is 0 Å². The molecule has 1 aromatic heterocycles. The molecule has 0 atom stereocenters. The van der Waals surface area contributed by atoms with Gasteiger partial charge >= 0.3 is 0 Å². The Morgan fingerprint density at radius 1 is 1.36 bits per heavy atom. The van der Waals surface area contributed by atoms with Crippen molar-refractivity contribution in [2.24, 2.45) is 7.05 Å². The van der Waals surface area contributed by atoms with Crippen LogP contribution in [0.15, 0.2) is 43.0 Å². The number of carbonyl (C=O) groups excluding carboxylic acids is 2. The van der Waals surface area contributed by atoms with Crippen LogP contribution in [-0.2, 0) is 23.2 Å². The van der Waals surface area contributed by atoms with Crippen molar-refractivity contribution in [1.29, 1.82) is 0 Å². The highest BCUT2D eigenvalue weighted by atomic mass is 35.5. The minimum Gasteiger partial charge on any atom is -1.00 e. The number of nitrogens with zero attached hydrogens (tertiary/aromatic N) is 3. The molecule has 118 valence electrons. The number of carbonyl (C=O) groups is 2. The molecule has 0 spiro atoms. The van der Waals surface area contributed by atoms with E-state index < -0.39 is 5.91 Å². The second-order valence-electron chi connectivity index (χ2n) is 4.66. The first-order valence-corrected chi connectivity index (χ1v) is 6.37. The number of aryl methyl sites for hydroxylation is 1. The maximum atomic E-state index is 12.1. The minimum absolute atomic E-state index is 0. The van der Waals surface area contributed by atoms with Gasteiger partial charge in [0, 0.05) is 6.92 Å². The lowest BCUT2D eigenvalue weighted by Gasteiger charge is -2.17. The first-order chi connectivity index (χ1) is 9.97. The molecule has 0 unspecified atom stereocenters. The van der Waals surface area contributed by atoms with Crippen LogP contribution in [0.4, 0.5) is 11.4 Å². The van der Waals surface area contributed by atoms with E-state index in [-0.39, 0.29) is 30.5 Å². The molecule has 0 radical (unpaired) electrons. The molecule has 22 heavy (non-hydrogen) atoms. The molecule has 2 rings (SSSR count). The molecule has 0 aliphatic rings. The molecular formula is C14H17ClN4O3. The molecule has 8 heteroatoms. The number of halogens is 1. The van der Waals surface area contributed by atoms with Crippen molar-refractivity contribution in [3.63, 3.8) is 0 Å². The molecule has 2 aromatic rings. The third kappa shape index (κ3) is 4.31. The van der Waals surface area contributed by atoms with Crippen LogP contribution in [0.5, 0.6) is 0 Å². The number of imidazole rings is 1. The number of nitrogens with one attached hydrogen (secondary N) is 1. The summed E-state index contributed by atoms with van der Waals surface area (Å²) in [6.45, 7) is 1.35. The predicted molar refractivity (Wildman–Crippen MR) is 75.6 cm³/mol. The van der Waals surface area contributed by atoms with E-state index in [1.165, 1.54) is 6.92 Å². The SMILES string of the molecule is CC(=O)Nc1ccccc1N(O)C(=O)Cn1cc[n+](C)c1.[Cl-]. The van der Waals surface area contributed by atoms with Crippen LogP contribution in [0, 0.1) is 0 Å². The Morgan fingerprint density at radius 2 is 2.05 bits per heavy atom. The number of hydrogen-bond donors (Lipinski definition) is 2. The monoisotopic (exact) mass is 324 g/mol. The largest absolute Gasteiger partial charge is 1.00 e. The Kier molecular flexibility index (Phi) is 6.09. The van der Waals surface area contributed by atoms with Crippen LogP contribution in [0.2, 0.25) is 0 Å². The number of benzene rings is 1. The maximum absolute atomic E-state index is 12.1. The molecule has 7 nitrogen and oxygen atoms in total. The van der Waals surface area contributed by atoms with Gasteiger partial charge in [-0.25, -0.2) is 9.13 Å². The Labute approximate surface area is 134 Å². The number of aromatic nitrogens is 2. The summed E-state index contributed by atoms with van der Waals surface area (Å²) >= 11 is 0. The molecule has 1 aromatic carbocycles. The van der Waals surface area contributed by atoms with Crippen molar-refractivity contribution < 1.29 is 31.8 Å². The highest BCUT2D eigenvalue weighted by Crippen LogP contribution is 2.24. The zero-order valence-electron chi connectivity index (χ0n) is 12.2. The van der Waals surface area contributed by atoms with E-state index in [9.17, 15) is 14.8 Å². The second-order valence-corrected chi connectivity index (χ2v) is 4.66. The summed E-state index contributed by atoms with van der Waals surface area (Å²) in [4.78, 5) is 23.2. The quantitative estimate of drug-likeness (QED) is 0.377. The average molecular weight is 325 g/mol. The van der Waals surface area contributed by atoms with Crippen molar-refractivity contribution >= 4 is 23.2 Å². The van der Waals surface area contributed by atoms with Gasteiger partial charge in [0.15, 0.2) is 6.54 Å². The third-order valence-corrected chi connectivity index (χ3v) is 2.82. The number of hydroxylamine groups is 1. The molecule has 0 aliphatic heterocycles. The lowest BCUT2D eigenvalue weighted by Crippen LogP contribution is -3.00. The fourth-order valence-corrected chi connectivity index (χ4v) is 1.91. The van der Waals surface area contributed by atoms with Crippen LogP contribution in [-0.4, -0.2) is 21.6 Å². The molecule has 0 fully saturated rings. The van der Waals surface area contributed by atoms with Gasteiger partial charge in [0.1, 0.15) is 12.4 Å². The Bertz CT molecular complexity index is 672. The number of anilines is 2. The molecule has 1 heterocycles. The summed E-state index contributed by atoms with van der Waals surface area (Å²) in [5.41, 5.74) is 0.605. The molecule has 0 saturated heterocycles. The lowest BCUT2D eigenvalue weighted by atomic mass is 10.2. The highest BCUT2D eigenvalue weighted by Gasteiger charge is 2.19. The molecule has 0 aliphatic carbocycles. The third-order valence-electron chi connectivity index (χ3n) is 2.82. The molecule has 0 bridgehead atoms. The van der Waals surface area contributed by atoms with E-state index in [0.29, 0.717) is 10.8 Å². The van der Waals surface area contributed by atoms with Gasteiger partial charge in [-0.15, -0.1) is 0 Å². The Hall–Kier alpha value is -2.38. The van der Waals surface area contributed by atoms with Crippen LogP contribution in [0.25, 0.3) is 0 Å². The second kappa shape index (κ2) is 7.58. The van der Waals surface area contributed by atoms with Crippen LogP contribution in [0.3, 0.4) is 0 Å². The van der Waals surface area contributed by atoms with Crippen molar-refractivity contribution in [2.75, 3.05) is 10.4 Å². The fraction of sp³-hybridized carbons (Fsp3) is 0.214. The van der Waals surface area contributed by atoms with Gasteiger partial charge in [-0.3, -0.25) is 14.8 Å². The molecular weight excluding hydrogens is 308 g/mol. The topological polar surface area (TPSA) is 78.5 Å². The molecule has 0 saturated carbocycles. The summed E-state index contributed by atoms with van der Waals surface area (Å²) in [5, 5.41) is 13.2. The van der Waals surface area contributed by atoms with E-state index in [1.807, 2.05) is 7.05 Å². The average Bonchev–Trinajstić information content (AvgIpc) is 2.83. The van der Waals surface area contributed by atoms with Gasteiger partial charge in [-0.1, -0.05) is 12.1 Å². The molecule has 2 amide bonds. The van der Waals surface area contributed by atoms with E-state index in [1.54, 1.807) is 52.1 Å². The van der Waals surface area contributed by atoms with Gasteiger partial charge < -0.3 is 17.7 Å². The van der Waals surface area contributed by atoms with Crippen LogP contribution < -0.4 is 27.4 Å². The Morgan fingerprint density at radius 3 is 2.64 bits per heavy atom. The van der Waals surface area contributed by atoms with Gasteiger partial charge in [0.25, 0.3) is 5.91 Å². The maximum Gasteiger partial charge on any atom is 0.292 e. The first kappa shape index (κ1) is 17.7. The number of rotatable bonds is 4. The highest BCUT2D eigenvalue weighted by molar-refractivity contribution is 5.98. The van der Waals surface area contributed by atoms with Crippen LogP contribution in [0.1, 0.15) is 6.92 Å². The van der Waals surface area contributed by atoms with Gasteiger partial charge in [-0.05, 0) is 12.1 Å². The van der Waals surface area contributed by atoms with E-state index >= 15 is 0 Å². The number of hydrogen-bond acceptors (Lipinski definition) is 3. The summed E-state index contributed by atoms with van der Waals surface area (Å²) in [6, 6.07) is 6.55. The summed E-state index contributed by atoms with van der Waals surface area (Å²) < 4.78 is 3.44. The fourth-order valence-electron chi connectivity index (χ4n) is 1.91. The standard InChI is InChI=1S/C14H16N4O3.ClH/c1-11(19)15-12-5-3-4-6-13(12)18(21)14(20)9-17-8-7-16(2)10-17;/h3-8,10,21H,9H2,1-2H3;1H. The number of para-hydroxylation sites is 2. The predicted octanol–water partition coefficient (Wildman–Crippen LogP) is -2.30. The van der Waals surface area contributed by atoms with Crippen molar-refractivity contribution in [3.05, 3.63) is 43.0 Å². The normalized spacial score (nSPS) is 9.77.